The van der Waals surface area contributed by atoms with Gasteiger partial charge in [0.05, 0.1) is 24.2 Å². The van der Waals surface area contributed by atoms with Gasteiger partial charge >= 0.3 is 11.9 Å². The zero-order valence-electron chi connectivity index (χ0n) is 19.3. The Balaban J connectivity index is 1.68. The molecule has 174 valence electrons. The first-order valence-corrected chi connectivity index (χ1v) is 12.2. The van der Waals surface area contributed by atoms with Gasteiger partial charge in [-0.2, -0.15) is 0 Å². The van der Waals surface area contributed by atoms with Crippen LogP contribution in [0.25, 0.3) is 0 Å². The van der Waals surface area contributed by atoms with Crippen molar-refractivity contribution in [3.63, 3.8) is 0 Å². The van der Waals surface area contributed by atoms with Crippen molar-refractivity contribution in [1.29, 1.82) is 0 Å². The van der Waals surface area contributed by atoms with Crippen molar-refractivity contribution in [3.05, 3.63) is 29.6 Å². The van der Waals surface area contributed by atoms with Gasteiger partial charge in [-0.25, -0.2) is 0 Å². The van der Waals surface area contributed by atoms with Crippen LogP contribution in [0.3, 0.4) is 0 Å². The minimum absolute atomic E-state index is 0.126. The van der Waals surface area contributed by atoms with E-state index in [1.807, 2.05) is 0 Å². The summed E-state index contributed by atoms with van der Waals surface area (Å²) >= 11 is 0. The number of rotatable bonds is 11. The number of fused-ring (bicyclic) bond motifs is 2. The number of hydrogen-bond acceptors (Lipinski definition) is 6. The zero-order chi connectivity index (χ0) is 22.2. The van der Waals surface area contributed by atoms with Crippen molar-refractivity contribution in [2.24, 2.45) is 0 Å². The maximum atomic E-state index is 12.1. The number of pyridine rings is 1. The molecule has 1 aromatic rings. The first kappa shape index (κ1) is 25.3. The van der Waals surface area contributed by atoms with Crippen molar-refractivity contribution in [3.8, 4) is 0 Å². The molecule has 0 aliphatic carbocycles. The highest BCUT2D eigenvalue weighted by Crippen LogP contribution is 2.11. The number of carbonyl (C=O) groups excluding carboxylic acids is 2. The molecule has 0 unspecified atom stereocenters. The second kappa shape index (κ2) is 15.8. The largest absolute Gasteiger partial charge is 0.464 e. The number of unbranched alkanes of at least 4 members (excludes halogenated alkanes) is 9. The molecule has 1 aromatic heterocycles. The third-order valence-electron chi connectivity index (χ3n) is 5.68. The van der Waals surface area contributed by atoms with E-state index in [4.69, 9.17) is 9.47 Å². The molecule has 0 saturated carbocycles. The van der Waals surface area contributed by atoms with Gasteiger partial charge in [-0.3, -0.25) is 19.5 Å². The standard InChI is InChI=1S/C25H40N2O4/c1-2-3-4-5-6-7-8-9-10-11-15-27-16-18-30-24(28)20-22-13-12-14-23(26-22)21-25(29)31-19-17-27/h12-14H,2-11,15-21H2,1H3. The third-order valence-corrected chi connectivity index (χ3v) is 5.68. The number of esters is 2. The summed E-state index contributed by atoms with van der Waals surface area (Å²) in [5, 5.41) is 0. The van der Waals surface area contributed by atoms with Crippen LogP contribution in [0, 0.1) is 0 Å². The monoisotopic (exact) mass is 432 g/mol. The van der Waals surface area contributed by atoms with Gasteiger partial charge in [-0.05, 0) is 25.1 Å². The molecule has 6 heteroatoms. The summed E-state index contributed by atoms with van der Waals surface area (Å²) < 4.78 is 10.8. The Morgan fingerprint density at radius 2 is 1.26 bits per heavy atom. The van der Waals surface area contributed by atoms with E-state index in [0.717, 1.165) is 13.0 Å². The van der Waals surface area contributed by atoms with E-state index in [9.17, 15) is 9.59 Å². The van der Waals surface area contributed by atoms with Gasteiger partial charge in [-0.15, -0.1) is 0 Å². The van der Waals surface area contributed by atoms with Crippen molar-refractivity contribution < 1.29 is 19.1 Å². The fourth-order valence-electron chi connectivity index (χ4n) is 3.86. The van der Waals surface area contributed by atoms with Crippen molar-refractivity contribution in [1.82, 2.24) is 9.88 Å². The third kappa shape index (κ3) is 11.9. The molecule has 2 rings (SSSR count). The summed E-state index contributed by atoms with van der Waals surface area (Å²) in [5.74, 6) is -0.550. The van der Waals surface area contributed by atoms with Crippen molar-refractivity contribution in [2.45, 2.75) is 84.0 Å². The number of cyclic esters (lactones) is 2. The molecule has 31 heavy (non-hydrogen) atoms. The Morgan fingerprint density at radius 1 is 0.774 bits per heavy atom. The zero-order valence-corrected chi connectivity index (χ0v) is 19.3. The van der Waals surface area contributed by atoms with Gasteiger partial charge in [0.15, 0.2) is 0 Å². The summed E-state index contributed by atoms with van der Waals surface area (Å²) in [6.07, 6.45) is 13.3. The second-order valence-electron chi connectivity index (χ2n) is 8.44. The smallest absolute Gasteiger partial charge is 0.311 e. The Hall–Kier alpha value is -1.95. The summed E-state index contributed by atoms with van der Waals surface area (Å²) in [5.41, 5.74) is 1.24. The van der Waals surface area contributed by atoms with E-state index in [-0.39, 0.29) is 24.8 Å². The van der Waals surface area contributed by atoms with Crippen LogP contribution in [0.5, 0.6) is 0 Å². The lowest BCUT2D eigenvalue weighted by Gasteiger charge is -2.22. The van der Waals surface area contributed by atoms with Crippen LogP contribution in [-0.2, 0) is 31.9 Å². The number of aromatic nitrogens is 1. The van der Waals surface area contributed by atoms with Gasteiger partial charge < -0.3 is 9.47 Å². The quantitative estimate of drug-likeness (QED) is 0.379. The van der Waals surface area contributed by atoms with Crippen LogP contribution in [-0.4, -0.2) is 54.7 Å². The van der Waals surface area contributed by atoms with Crippen LogP contribution < -0.4 is 0 Å². The van der Waals surface area contributed by atoms with E-state index in [0.29, 0.717) is 37.7 Å². The van der Waals surface area contributed by atoms with Crippen LogP contribution >= 0.6 is 0 Å². The van der Waals surface area contributed by atoms with Gasteiger partial charge in [0.2, 0.25) is 0 Å². The predicted molar refractivity (Wildman–Crippen MR) is 122 cm³/mol. The number of hydrogen-bond donors (Lipinski definition) is 0. The molecule has 0 saturated heterocycles. The topological polar surface area (TPSA) is 68.7 Å². The lowest BCUT2D eigenvalue weighted by atomic mass is 10.1. The maximum absolute atomic E-state index is 12.1. The lowest BCUT2D eigenvalue weighted by molar-refractivity contribution is -0.143. The van der Waals surface area contributed by atoms with Gasteiger partial charge in [0.25, 0.3) is 0 Å². The molecular formula is C25H40N2O4. The van der Waals surface area contributed by atoms with E-state index in [1.54, 1.807) is 18.2 Å². The first-order chi connectivity index (χ1) is 15.2. The number of nitrogens with zero attached hydrogens (tertiary/aromatic N) is 2. The highest BCUT2D eigenvalue weighted by molar-refractivity contribution is 5.73. The average Bonchev–Trinajstić information content (AvgIpc) is 2.74. The number of carbonyl (C=O) groups is 2. The molecule has 1 aliphatic rings. The van der Waals surface area contributed by atoms with Crippen LogP contribution in [0.15, 0.2) is 18.2 Å². The highest BCUT2D eigenvalue weighted by Gasteiger charge is 2.13. The van der Waals surface area contributed by atoms with E-state index >= 15 is 0 Å². The first-order valence-electron chi connectivity index (χ1n) is 12.2. The molecular weight excluding hydrogens is 392 g/mol. The van der Waals surface area contributed by atoms with E-state index in [1.165, 1.54) is 57.8 Å². The maximum Gasteiger partial charge on any atom is 0.311 e. The Kier molecular flexibility index (Phi) is 12.9. The second-order valence-corrected chi connectivity index (χ2v) is 8.44. The molecule has 1 aliphatic heterocycles. The SMILES string of the molecule is CCCCCCCCCCCCN1CCOC(=O)Cc2cccc(n2)CC(=O)OCC1. The van der Waals surface area contributed by atoms with E-state index < -0.39 is 0 Å². The average molecular weight is 433 g/mol. The van der Waals surface area contributed by atoms with Crippen molar-refractivity contribution >= 4 is 11.9 Å². The van der Waals surface area contributed by atoms with Gasteiger partial charge in [0, 0.05) is 13.1 Å². The minimum Gasteiger partial charge on any atom is -0.464 e. The highest BCUT2D eigenvalue weighted by atomic mass is 16.5. The van der Waals surface area contributed by atoms with Crippen LogP contribution in [0.2, 0.25) is 0 Å². The molecule has 0 radical (unpaired) electrons. The molecule has 0 fully saturated rings. The Bertz CT molecular complexity index is 611. The van der Waals surface area contributed by atoms with Crippen LogP contribution in [0.1, 0.15) is 82.5 Å². The summed E-state index contributed by atoms with van der Waals surface area (Å²) in [6.45, 7) is 5.22. The molecule has 0 amide bonds. The molecule has 0 spiro atoms. The van der Waals surface area contributed by atoms with Gasteiger partial charge in [-0.1, -0.05) is 70.8 Å². The fraction of sp³-hybridized carbons (Fsp3) is 0.720. The predicted octanol–water partition coefficient (Wildman–Crippen LogP) is 4.49. The summed E-state index contributed by atoms with van der Waals surface area (Å²) in [7, 11) is 0. The summed E-state index contributed by atoms with van der Waals surface area (Å²) in [6, 6.07) is 5.36. The molecule has 0 aromatic carbocycles. The minimum atomic E-state index is -0.275. The molecule has 0 atom stereocenters. The number of ether oxygens (including phenoxy) is 2. The van der Waals surface area contributed by atoms with Crippen LogP contribution in [0.4, 0.5) is 0 Å². The molecule has 2 heterocycles. The molecule has 0 N–H and O–H groups in total. The summed E-state index contributed by atoms with van der Waals surface area (Å²) in [4.78, 5) is 30.8. The lowest BCUT2D eigenvalue weighted by Crippen LogP contribution is -2.33. The normalized spacial score (nSPS) is 16.4. The van der Waals surface area contributed by atoms with E-state index in [2.05, 4.69) is 16.8 Å². The van der Waals surface area contributed by atoms with Crippen molar-refractivity contribution in [2.75, 3.05) is 32.8 Å². The molecule has 6 nitrogen and oxygen atoms in total. The Morgan fingerprint density at radius 3 is 1.77 bits per heavy atom. The molecule has 2 bridgehead atoms. The van der Waals surface area contributed by atoms with Gasteiger partial charge in [0.1, 0.15) is 13.2 Å². The fourth-order valence-corrected chi connectivity index (χ4v) is 3.86. The Labute approximate surface area is 187 Å².